The van der Waals surface area contributed by atoms with E-state index in [-0.39, 0.29) is 11.7 Å². The largest absolute Gasteiger partial charge is 0.489 e. The average molecular weight is 294 g/mol. The van der Waals surface area contributed by atoms with Crippen LogP contribution in [0.1, 0.15) is 16.1 Å². The Morgan fingerprint density at radius 1 is 1.09 bits per heavy atom. The van der Waals surface area contributed by atoms with Gasteiger partial charge in [0.05, 0.1) is 6.20 Å². The van der Waals surface area contributed by atoms with Gasteiger partial charge in [0.2, 0.25) is 5.76 Å². The van der Waals surface area contributed by atoms with Crippen molar-refractivity contribution >= 4 is 11.6 Å². The number of anilines is 1. The zero-order valence-corrected chi connectivity index (χ0v) is 11.7. The second kappa shape index (κ2) is 6.58. The second-order valence-electron chi connectivity index (χ2n) is 4.62. The molecule has 0 spiro atoms. The van der Waals surface area contributed by atoms with Crippen LogP contribution in [-0.2, 0) is 6.61 Å². The molecule has 22 heavy (non-hydrogen) atoms. The fourth-order valence-electron chi connectivity index (χ4n) is 1.90. The van der Waals surface area contributed by atoms with Gasteiger partial charge in [0, 0.05) is 5.69 Å². The maximum atomic E-state index is 11.8. The van der Waals surface area contributed by atoms with E-state index in [1.807, 2.05) is 30.3 Å². The van der Waals surface area contributed by atoms with E-state index in [9.17, 15) is 4.79 Å². The van der Waals surface area contributed by atoms with Crippen molar-refractivity contribution in [2.24, 2.45) is 0 Å². The van der Waals surface area contributed by atoms with Crippen LogP contribution in [0.25, 0.3) is 0 Å². The Morgan fingerprint density at radius 3 is 2.55 bits per heavy atom. The SMILES string of the molecule is O=C(Nc1ccc(OCc2ccccc2)cc1)c1cnco1. The number of carbonyl (C=O) groups excluding carboxylic acids is 1. The monoisotopic (exact) mass is 294 g/mol. The summed E-state index contributed by atoms with van der Waals surface area (Å²) >= 11 is 0. The lowest BCUT2D eigenvalue weighted by Crippen LogP contribution is -2.10. The number of benzene rings is 2. The van der Waals surface area contributed by atoms with Crippen LogP contribution in [0.15, 0.2) is 71.6 Å². The minimum Gasteiger partial charge on any atom is -0.489 e. The summed E-state index contributed by atoms with van der Waals surface area (Å²) in [6, 6.07) is 17.1. The summed E-state index contributed by atoms with van der Waals surface area (Å²) in [5.41, 5.74) is 1.76. The van der Waals surface area contributed by atoms with Crippen LogP contribution in [0.4, 0.5) is 5.69 Å². The molecule has 0 aliphatic rings. The molecular formula is C17H14N2O3. The molecular weight excluding hydrogens is 280 g/mol. The molecule has 3 aromatic rings. The van der Waals surface area contributed by atoms with E-state index in [1.165, 1.54) is 12.6 Å². The summed E-state index contributed by atoms with van der Waals surface area (Å²) in [6.45, 7) is 0.505. The maximum absolute atomic E-state index is 11.8. The molecule has 5 heteroatoms. The van der Waals surface area contributed by atoms with Crippen molar-refractivity contribution in [2.75, 3.05) is 5.32 Å². The van der Waals surface area contributed by atoms with Gasteiger partial charge < -0.3 is 14.5 Å². The lowest BCUT2D eigenvalue weighted by Gasteiger charge is -2.07. The van der Waals surface area contributed by atoms with Crippen LogP contribution in [0.5, 0.6) is 5.75 Å². The molecule has 0 radical (unpaired) electrons. The summed E-state index contributed by atoms with van der Waals surface area (Å²) in [5, 5.41) is 2.72. The summed E-state index contributed by atoms with van der Waals surface area (Å²) in [4.78, 5) is 15.5. The first-order chi connectivity index (χ1) is 10.8. The van der Waals surface area contributed by atoms with Crippen LogP contribution < -0.4 is 10.1 Å². The van der Waals surface area contributed by atoms with Gasteiger partial charge >= 0.3 is 0 Å². The van der Waals surface area contributed by atoms with Crippen molar-refractivity contribution in [2.45, 2.75) is 6.61 Å². The quantitative estimate of drug-likeness (QED) is 0.782. The lowest BCUT2D eigenvalue weighted by atomic mass is 10.2. The number of hydrogen-bond acceptors (Lipinski definition) is 4. The Morgan fingerprint density at radius 2 is 1.86 bits per heavy atom. The van der Waals surface area contributed by atoms with Crippen LogP contribution in [0.3, 0.4) is 0 Å². The van der Waals surface area contributed by atoms with E-state index < -0.39 is 0 Å². The fraction of sp³-hybridized carbons (Fsp3) is 0.0588. The van der Waals surface area contributed by atoms with E-state index >= 15 is 0 Å². The average Bonchev–Trinajstić information content (AvgIpc) is 3.10. The molecule has 2 aromatic carbocycles. The summed E-state index contributed by atoms with van der Waals surface area (Å²) < 4.78 is 10.6. The van der Waals surface area contributed by atoms with Gasteiger partial charge in [0.1, 0.15) is 12.4 Å². The number of oxazole rings is 1. The first kappa shape index (κ1) is 13.9. The molecule has 1 heterocycles. The van der Waals surface area contributed by atoms with Crippen molar-refractivity contribution in [3.05, 3.63) is 78.5 Å². The number of nitrogens with zero attached hydrogens (tertiary/aromatic N) is 1. The Labute approximate surface area is 127 Å². The van der Waals surface area contributed by atoms with Crippen molar-refractivity contribution in [1.29, 1.82) is 0 Å². The molecule has 0 aliphatic heterocycles. The topological polar surface area (TPSA) is 64.4 Å². The molecule has 0 atom stereocenters. The molecule has 0 saturated heterocycles. The van der Waals surface area contributed by atoms with Crippen LogP contribution in [-0.4, -0.2) is 10.9 Å². The molecule has 0 aliphatic carbocycles. The molecule has 110 valence electrons. The zero-order chi connectivity index (χ0) is 15.2. The van der Waals surface area contributed by atoms with E-state index in [0.717, 1.165) is 11.3 Å². The molecule has 1 amide bonds. The number of nitrogens with one attached hydrogen (secondary N) is 1. The van der Waals surface area contributed by atoms with Gasteiger partial charge in [-0.15, -0.1) is 0 Å². The normalized spacial score (nSPS) is 10.2. The van der Waals surface area contributed by atoms with Crippen molar-refractivity contribution < 1.29 is 13.9 Å². The van der Waals surface area contributed by atoms with Crippen molar-refractivity contribution in [1.82, 2.24) is 4.98 Å². The third-order valence-electron chi connectivity index (χ3n) is 3.02. The standard InChI is InChI=1S/C17H14N2O3/c20-17(16-10-18-12-22-16)19-14-6-8-15(9-7-14)21-11-13-4-2-1-3-5-13/h1-10,12H,11H2,(H,19,20). The van der Waals surface area contributed by atoms with Crippen molar-refractivity contribution in [3.63, 3.8) is 0 Å². The minimum absolute atomic E-state index is 0.171. The van der Waals surface area contributed by atoms with E-state index in [0.29, 0.717) is 12.3 Å². The molecule has 0 saturated carbocycles. The van der Waals surface area contributed by atoms with Gasteiger partial charge in [-0.25, -0.2) is 4.98 Å². The van der Waals surface area contributed by atoms with Gasteiger partial charge in [-0.05, 0) is 29.8 Å². The first-order valence-corrected chi connectivity index (χ1v) is 6.78. The smallest absolute Gasteiger partial charge is 0.293 e. The summed E-state index contributed by atoms with van der Waals surface area (Å²) in [5.74, 6) is 0.571. The predicted octanol–water partition coefficient (Wildman–Crippen LogP) is 3.51. The van der Waals surface area contributed by atoms with E-state index in [2.05, 4.69) is 10.3 Å². The van der Waals surface area contributed by atoms with Crippen LogP contribution >= 0.6 is 0 Å². The lowest BCUT2D eigenvalue weighted by molar-refractivity contribution is 0.0996. The number of ether oxygens (including phenoxy) is 1. The highest BCUT2D eigenvalue weighted by Gasteiger charge is 2.09. The van der Waals surface area contributed by atoms with Crippen LogP contribution in [0.2, 0.25) is 0 Å². The predicted molar refractivity (Wildman–Crippen MR) is 81.7 cm³/mol. The van der Waals surface area contributed by atoms with Crippen LogP contribution in [0, 0.1) is 0 Å². The third kappa shape index (κ3) is 3.52. The number of hydrogen-bond donors (Lipinski definition) is 1. The van der Waals surface area contributed by atoms with Crippen molar-refractivity contribution in [3.8, 4) is 5.75 Å². The molecule has 5 nitrogen and oxygen atoms in total. The number of aromatic nitrogens is 1. The zero-order valence-electron chi connectivity index (χ0n) is 11.7. The highest BCUT2D eigenvalue weighted by Crippen LogP contribution is 2.17. The maximum Gasteiger partial charge on any atom is 0.293 e. The molecule has 0 unspecified atom stereocenters. The summed E-state index contributed by atoms with van der Waals surface area (Å²) in [6.07, 6.45) is 2.59. The van der Waals surface area contributed by atoms with Gasteiger partial charge in [0.15, 0.2) is 6.39 Å². The number of carbonyl (C=O) groups is 1. The highest BCUT2D eigenvalue weighted by atomic mass is 16.5. The van der Waals surface area contributed by atoms with E-state index in [1.54, 1.807) is 24.3 Å². The molecule has 3 rings (SSSR count). The van der Waals surface area contributed by atoms with Gasteiger partial charge in [-0.2, -0.15) is 0 Å². The second-order valence-corrected chi connectivity index (χ2v) is 4.62. The third-order valence-corrected chi connectivity index (χ3v) is 3.02. The Balaban J connectivity index is 1.57. The Hall–Kier alpha value is -3.08. The summed E-state index contributed by atoms with van der Waals surface area (Å²) in [7, 11) is 0. The Kier molecular flexibility index (Phi) is 4.15. The molecule has 1 N–H and O–H groups in total. The first-order valence-electron chi connectivity index (χ1n) is 6.78. The minimum atomic E-state index is -0.338. The van der Waals surface area contributed by atoms with Gasteiger partial charge in [0.25, 0.3) is 5.91 Å². The van der Waals surface area contributed by atoms with Gasteiger partial charge in [-0.1, -0.05) is 30.3 Å². The van der Waals surface area contributed by atoms with Gasteiger partial charge in [-0.3, -0.25) is 4.79 Å². The van der Waals surface area contributed by atoms with E-state index in [4.69, 9.17) is 9.15 Å². The number of rotatable bonds is 5. The molecule has 0 bridgehead atoms. The number of amides is 1. The highest BCUT2D eigenvalue weighted by molar-refractivity contribution is 6.01. The molecule has 1 aromatic heterocycles. The molecule has 0 fully saturated rings. The fourth-order valence-corrected chi connectivity index (χ4v) is 1.90. The Bertz CT molecular complexity index is 722.